The van der Waals surface area contributed by atoms with Crippen molar-refractivity contribution >= 4 is 12.0 Å². The lowest BCUT2D eigenvalue weighted by atomic mass is 10.2. The Hall–Kier alpha value is -3.28. The third-order valence-corrected chi connectivity index (χ3v) is 3.11. The molecule has 3 rings (SSSR count). The molecule has 0 bridgehead atoms. The first-order chi connectivity index (χ1) is 11.2. The number of hydrogen-bond donors (Lipinski definition) is 2. The second-order valence-electron chi connectivity index (χ2n) is 4.77. The molecule has 116 valence electrons. The van der Waals surface area contributed by atoms with Gasteiger partial charge in [-0.3, -0.25) is 20.6 Å². The molecule has 0 spiro atoms. The smallest absolute Gasteiger partial charge is 0.288 e. The fourth-order valence-electron chi connectivity index (χ4n) is 1.95. The second kappa shape index (κ2) is 6.65. The first-order valence-electron chi connectivity index (χ1n) is 6.96. The molecule has 2 heterocycles. The number of ether oxygens (including phenoxy) is 2. The van der Waals surface area contributed by atoms with Crippen LogP contribution in [0.15, 0.2) is 60.9 Å². The second-order valence-corrected chi connectivity index (χ2v) is 4.77. The summed E-state index contributed by atoms with van der Waals surface area (Å²) in [5.41, 5.74) is 7.06. The number of aromatic nitrogens is 1. The van der Waals surface area contributed by atoms with Gasteiger partial charge in [0.2, 0.25) is 6.79 Å². The normalized spacial score (nSPS) is 12.2. The molecule has 23 heavy (non-hydrogen) atoms. The average Bonchev–Trinajstić information content (AvgIpc) is 3.06. The molecule has 0 aliphatic carbocycles. The number of allylic oxidation sites excluding steroid dienone is 1. The summed E-state index contributed by atoms with van der Waals surface area (Å²) < 4.78 is 10.6. The van der Waals surface area contributed by atoms with Crippen LogP contribution in [0.25, 0.3) is 6.08 Å². The van der Waals surface area contributed by atoms with E-state index in [-0.39, 0.29) is 12.7 Å². The van der Waals surface area contributed by atoms with Crippen molar-refractivity contribution in [2.24, 2.45) is 0 Å². The highest BCUT2D eigenvalue weighted by atomic mass is 16.7. The maximum absolute atomic E-state index is 11.8. The standard InChI is InChI=1S/C17H15N3O3/c1-12(19-20-17(21)14-4-2-3-9-18-14)5-6-13-7-8-15-16(10-13)23-11-22-15/h2-10,19H,1,11H2,(H,20,21). The lowest BCUT2D eigenvalue weighted by Crippen LogP contribution is -2.36. The molecular weight excluding hydrogens is 294 g/mol. The summed E-state index contributed by atoms with van der Waals surface area (Å²) >= 11 is 0. The van der Waals surface area contributed by atoms with Gasteiger partial charge in [0.1, 0.15) is 5.69 Å². The summed E-state index contributed by atoms with van der Waals surface area (Å²) in [5, 5.41) is 0. The van der Waals surface area contributed by atoms with Gasteiger partial charge in [-0.2, -0.15) is 0 Å². The largest absolute Gasteiger partial charge is 0.454 e. The van der Waals surface area contributed by atoms with Gasteiger partial charge in [0.15, 0.2) is 11.5 Å². The zero-order chi connectivity index (χ0) is 16.1. The van der Waals surface area contributed by atoms with Gasteiger partial charge >= 0.3 is 0 Å². The molecule has 1 aromatic heterocycles. The molecule has 1 aliphatic rings. The number of benzene rings is 1. The number of pyridine rings is 1. The van der Waals surface area contributed by atoms with Gasteiger partial charge in [-0.1, -0.05) is 24.8 Å². The van der Waals surface area contributed by atoms with E-state index in [1.165, 1.54) is 0 Å². The number of nitrogens with zero attached hydrogens (tertiary/aromatic N) is 1. The molecule has 0 fully saturated rings. The Labute approximate surface area is 133 Å². The molecule has 0 saturated carbocycles. The zero-order valence-corrected chi connectivity index (χ0v) is 12.3. The molecular formula is C17H15N3O3. The molecule has 2 aromatic rings. The third-order valence-electron chi connectivity index (χ3n) is 3.11. The van der Waals surface area contributed by atoms with E-state index in [0.29, 0.717) is 17.1 Å². The fourth-order valence-corrected chi connectivity index (χ4v) is 1.95. The molecule has 1 amide bonds. The fraction of sp³-hybridized carbons (Fsp3) is 0.0588. The van der Waals surface area contributed by atoms with Crippen LogP contribution in [0.3, 0.4) is 0 Å². The van der Waals surface area contributed by atoms with Crippen LogP contribution >= 0.6 is 0 Å². The summed E-state index contributed by atoms with van der Waals surface area (Å²) in [7, 11) is 0. The molecule has 1 aliphatic heterocycles. The predicted octanol–water partition coefficient (Wildman–Crippen LogP) is 2.27. The van der Waals surface area contributed by atoms with Crippen molar-refractivity contribution in [1.82, 2.24) is 15.8 Å². The molecule has 0 saturated heterocycles. The number of nitrogens with one attached hydrogen (secondary N) is 2. The van der Waals surface area contributed by atoms with Crippen LogP contribution in [0.2, 0.25) is 0 Å². The Morgan fingerprint density at radius 3 is 2.87 bits per heavy atom. The van der Waals surface area contributed by atoms with E-state index in [2.05, 4.69) is 22.4 Å². The van der Waals surface area contributed by atoms with Gasteiger partial charge in [0, 0.05) is 11.9 Å². The summed E-state index contributed by atoms with van der Waals surface area (Å²) in [5.74, 6) is 1.12. The van der Waals surface area contributed by atoms with Crippen molar-refractivity contribution in [3.8, 4) is 11.5 Å². The van der Waals surface area contributed by atoms with Crippen LogP contribution in [0.1, 0.15) is 16.1 Å². The van der Waals surface area contributed by atoms with Gasteiger partial charge in [-0.05, 0) is 35.9 Å². The van der Waals surface area contributed by atoms with Crippen LogP contribution in [0, 0.1) is 0 Å². The van der Waals surface area contributed by atoms with Crippen molar-refractivity contribution < 1.29 is 14.3 Å². The molecule has 0 atom stereocenters. The van der Waals surface area contributed by atoms with Crippen molar-refractivity contribution in [2.45, 2.75) is 0 Å². The Morgan fingerprint density at radius 2 is 2.04 bits per heavy atom. The van der Waals surface area contributed by atoms with Crippen LogP contribution in [-0.4, -0.2) is 17.7 Å². The van der Waals surface area contributed by atoms with Gasteiger partial charge in [-0.15, -0.1) is 0 Å². The highest BCUT2D eigenvalue weighted by Crippen LogP contribution is 2.32. The topological polar surface area (TPSA) is 72.5 Å². The lowest BCUT2D eigenvalue weighted by molar-refractivity contribution is 0.0934. The van der Waals surface area contributed by atoms with E-state index in [1.807, 2.05) is 24.3 Å². The maximum Gasteiger partial charge on any atom is 0.288 e. The first kappa shape index (κ1) is 14.6. The summed E-state index contributed by atoms with van der Waals surface area (Å²) in [4.78, 5) is 15.8. The Bertz CT molecular complexity index is 757. The van der Waals surface area contributed by atoms with Gasteiger partial charge in [-0.25, -0.2) is 0 Å². The van der Waals surface area contributed by atoms with Crippen LogP contribution in [0.5, 0.6) is 11.5 Å². The minimum absolute atomic E-state index is 0.246. The zero-order valence-electron chi connectivity index (χ0n) is 12.3. The third kappa shape index (κ3) is 3.68. The van der Waals surface area contributed by atoms with Crippen LogP contribution < -0.4 is 20.3 Å². The van der Waals surface area contributed by atoms with Crippen molar-refractivity contribution in [3.63, 3.8) is 0 Å². The van der Waals surface area contributed by atoms with E-state index in [1.54, 1.807) is 30.5 Å². The Balaban J connectivity index is 1.54. The van der Waals surface area contributed by atoms with E-state index >= 15 is 0 Å². The minimum Gasteiger partial charge on any atom is -0.454 e. The molecule has 6 nitrogen and oxygen atoms in total. The Morgan fingerprint density at radius 1 is 1.17 bits per heavy atom. The number of amides is 1. The molecule has 1 aromatic carbocycles. The van der Waals surface area contributed by atoms with Gasteiger partial charge in [0.25, 0.3) is 5.91 Å². The van der Waals surface area contributed by atoms with E-state index < -0.39 is 0 Å². The Kier molecular flexibility index (Phi) is 4.24. The van der Waals surface area contributed by atoms with Crippen LogP contribution in [-0.2, 0) is 0 Å². The molecule has 0 radical (unpaired) electrons. The molecule has 6 heteroatoms. The maximum atomic E-state index is 11.8. The quantitative estimate of drug-likeness (QED) is 0.655. The SMILES string of the molecule is C=C(C=Cc1ccc2c(c1)OCO2)NNC(=O)c1ccccn1. The number of carbonyl (C=O) groups excluding carboxylic acids is 1. The highest BCUT2D eigenvalue weighted by molar-refractivity contribution is 5.91. The predicted molar refractivity (Wildman–Crippen MR) is 85.6 cm³/mol. The monoisotopic (exact) mass is 309 g/mol. The highest BCUT2D eigenvalue weighted by Gasteiger charge is 2.12. The van der Waals surface area contributed by atoms with Crippen molar-refractivity contribution in [3.05, 3.63) is 72.2 Å². The number of hydrogen-bond acceptors (Lipinski definition) is 5. The summed E-state index contributed by atoms with van der Waals surface area (Å²) in [6.07, 6.45) is 5.16. The average molecular weight is 309 g/mol. The minimum atomic E-state index is -0.330. The van der Waals surface area contributed by atoms with Crippen molar-refractivity contribution in [2.75, 3.05) is 6.79 Å². The van der Waals surface area contributed by atoms with Gasteiger partial charge in [0.05, 0.1) is 0 Å². The van der Waals surface area contributed by atoms with E-state index in [9.17, 15) is 4.79 Å². The lowest BCUT2D eigenvalue weighted by Gasteiger charge is -2.07. The van der Waals surface area contributed by atoms with Gasteiger partial charge < -0.3 is 9.47 Å². The first-order valence-corrected chi connectivity index (χ1v) is 6.96. The van der Waals surface area contributed by atoms with Crippen LogP contribution in [0.4, 0.5) is 0 Å². The molecule has 2 N–H and O–H groups in total. The number of carbonyl (C=O) groups is 1. The summed E-state index contributed by atoms with van der Waals surface area (Å²) in [6.45, 7) is 4.07. The summed E-state index contributed by atoms with van der Waals surface area (Å²) in [6, 6.07) is 10.7. The van der Waals surface area contributed by atoms with E-state index in [4.69, 9.17) is 9.47 Å². The number of rotatable bonds is 5. The number of fused-ring (bicyclic) bond motifs is 1. The molecule has 0 unspecified atom stereocenters. The number of hydrazine groups is 1. The van der Waals surface area contributed by atoms with E-state index in [0.717, 1.165) is 11.3 Å². The van der Waals surface area contributed by atoms with Crippen molar-refractivity contribution in [1.29, 1.82) is 0 Å².